The van der Waals surface area contributed by atoms with Gasteiger partial charge in [-0.2, -0.15) is 13.2 Å². The van der Waals surface area contributed by atoms with Crippen LogP contribution in [0.25, 0.3) is 0 Å². The molecule has 0 radical (unpaired) electrons. The van der Waals surface area contributed by atoms with Crippen LogP contribution >= 0.6 is 0 Å². The molecule has 1 aromatic rings. The molecule has 1 aromatic carbocycles. The molecule has 0 saturated carbocycles. The second kappa shape index (κ2) is 6.53. The smallest absolute Gasteiger partial charge is 0.416 e. The zero-order valence-electron chi connectivity index (χ0n) is 9.94. The summed E-state index contributed by atoms with van der Waals surface area (Å²) < 4.78 is 38.0. The van der Waals surface area contributed by atoms with Crippen LogP contribution in [0.15, 0.2) is 24.3 Å². The molecule has 19 heavy (non-hydrogen) atoms. The van der Waals surface area contributed by atoms with Crippen molar-refractivity contribution in [3.05, 3.63) is 35.4 Å². The number of nitrogens with one attached hydrogen (secondary N) is 1. The van der Waals surface area contributed by atoms with E-state index in [1.807, 2.05) is 0 Å². The van der Waals surface area contributed by atoms with E-state index < -0.39 is 30.2 Å². The van der Waals surface area contributed by atoms with Crippen molar-refractivity contribution >= 4 is 5.97 Å². The lowest BCUT2D eigenvalue weighted by molar-refractivity contribution is -0.139. The van der Waals surface area contributed by atoms with Crippen molar-refractivity contribution in [1.29, 1.82) is 0 Å². The Labute approximate surface area is 107 Å². The van der Waals surface area contributed by atoms with Gasteiger partial charge in [0.1, 0.15) is 0 Å². The molecule has 0 aliphatic rings. The molecule has 4 nitrogen and oxygen atoms in total. The number of rotatable bonds is 6. The summed E-state index contributed by atoms with van der Waals surface area (Å²) in [6, 6.07) is 5.09. The van der Waals surface area contributed by atoms with Crippen LogP contribution in [0, 0.1) is 0 Å². The molecule has 7 heteroatoms. The maximum absolute atomic E-state index is 12.7. The lowest BCUT2D eigenvalue weighted by Gasteiger charge is -2.14. The van der Waals surface area contributed by atoms with E-state index in [9.17, 15) is 23.1 Å². The first-order chi connectivity index (χ1) is 8.80. The molecular formula is C12H14F3NO3. The normalized spacial score (nSPS) is 13.3. The van der Waals surface area contributed by atoms with Gasteiger partial charge in [-0.3, -0.25) is 4.79 Å². The fraction of sp³-hybridized carbons (Fsp3) is 0.417. The third-order valence-electron chi connectivity index (χ3n) is 2.43. The first-order valence-corrected chi connectivity index (χ1v) is 5.56. The van der Waals surface area contributed by atoms with Crippen molar-refractivity contribution in [2.75, 3.05) is 6.54 Å². The number of carbonyl (C=O) groups is 1. The van der Waals surface area contributed by atoms with Crippen LogP contribution in [0.5, 0.6) is 0 Å². The predicted octanol–water partition coefficient (Wildman–Crippen LogP) is 1.63. The second-order valence-corrected chi connectivity index (χ2v) is 4.04. The maximum Gasteiger partial charge on any atom is 0.416 e. The van der Waals surface area contributed by atoms with E-state index in [1.54, 1.807) is 0 Å². The molecule has 0 spiro atoms. The van der Waals surface area contributed by atoms with Gasteiger partial charge in [0.15, 0.2) is 0 Å². The Morgan fingerprint density at radius 2 is 1.95 bits per heavy atom. The Kier molecular flexibility index (Phi) is 5.31. The highest BCUT2D eigenvalue weighted by Gasteiger charge is 2.32. The number of aliphatic hydroxyl groups excluding tert-OH is 1. The zero-order chi connectivity index (χ0) is 14.5. The third kappa shape index (κ3) is 5.27. The van der Waals surface area contributed by atoms with Crippen LogP contribution in [0.2, 0.25) is 0 Å². The minimum atomic E-state index is -4.43. The lowest BCUT2D eigenvalue weighted by Crippen LogP contribution is -2.29. The number of hydrogen-bond donors (Lipinski definition) is 3. The lowest BCUT2D eigenvalue weighted by atomic mass is 10.1. The van der Waals surface area contributed by atoms with E-state index in [0.29, 0.717) is 0 Å². The third-order valence-corrected chi connectivity index (χ3v) is 2.43. The fourth-order valence-corrected chi connectivity index (χ4v) is 1.60. The van der Waals surface area contributed by atoms with Gasteiger partial charge in [-0.1, -0.05) is 18.2 Å². The molecule has 0 heterocycles. The topological polar surface area (TPSA) is 69.6 Å². The van der Waals surface area contributed by atoms with Gasteiger partial charge in [-0.05, 0) is 11.6 Å². The summed E-state index contributed by atoms with van der Waals surface area (Å²) in [5, 5.41) is 20.3. The van der Waals surface area contributed by atoms with Crippen molar-refractivity contribution in [3.8, 4) is 0 Å². The summed E-state index contributed by atoms with van der Waals surface area (Å²) in [6.07, 6.45) is -6.01. The molecule has 0 aliphatic carbocycles. The zero-order valence-corrected chi connectivity index (χ0v) is 9.94. The van der Waals surface area contributed by atoms with Gasteiger partial charge >= 0.3 is 12.1 Å². The molecular weight excluding hydrogens is 263 g/mol. The van der Waals surface area contributed by atoms with Crippen molar-refractivity contribution in [1.82, 2.24) is 5.32 Å². The van der Waals surface area contributed by atoms with Crippen LogP contribution in [0.1, 0.15) is 17.5 Å². The van der Waals surface area contributed by atoms with Crippen LogP contribution in [-0.4, -0.2) is 28.8 Å². The molecule has 0 aliphatic heterocycles. The molecule has 3 N–H and O–H groups in total. The number of alkyl halides is 3. The average molecular weight is 277 g/mol. The van der Waals surface area contributed by atoms with Gasteiger partial charge in [-0.25, -0.2) is 0 Å². The van der Waals surface area contributed by atoms with Gasteiger partial charge in [0.2, 0.25) is 0 Å². The summed E-state index contributed by atoms with van der Waals surface area (Å²) >= 11 is 0. The molecule has 0 amide bonds. The summed E-state index contributed by atoms with van der Waals surface area (Å²) in [5.74, 6) is -1.16. The molecule has 0 aromatic heterocycles. The fourth-order valence-electron chi connectivity index (χ4n) is 1.60. The number of aliphatic hydroxyl groups is 1. The number of carboxylic acid groups (broad SMARTS) is 1. The Morgan fingerprint density at radius 3 is 2.53 bits per heavy atom. The van der Waals surface area contributed by atoms with Gasteiger partial charge in [0, 0.05) is 13.1 Å². The van der Waals surface area contributed by atoms with E-state index >= 15 is 0 Å². The van der Waals surface area contributed by atoms with E-state index in [-0.39, 0.29) is 18.7 Å². The summed E-state index contributed by atoms with van der Waals surface area (Å²) in [7, 11) is 0. The van der Waals surface area contributed by atoms with E-state index in [1.165, 1.54) is 18.2 Å². The molecule has 1 atom stereocenters. The van der Waals surface area contributed by atoms with Gasteiger partial charge in [0.05, 0.1) is 18.1 Å². The van der Waals surface area contributed by atoms with Crippen LogP contribution in [0.4, 0.5) is 13.2 Å². The van der Waals surface area contributed by atoms with Gasteiger partial charge < -0.3 is 15.5 Å². The second-order valence-electron chi connectivity index (χ2n) is 4.04. The SMILES string of the molecule is O=C(O)CC(O)CNCc1ccccc1C(F)(F)F. The quantitative estimate of drug-likeness (QED) is 0.739. The largest absolute Gasteiger partial charge is 0.481 e. The highest BCUT2D eigenvalue weighted by Crippen LogP contribution is 2.31. The Morgan fingerprint density at radius 1 is 1.32 bits per heavy atom. The first kappa shape index (κ1) is 15.5. The number of aliphatic carboxylic acids is 1. The maximum atomic E-state index is 12.7. The van der Waals surface area contributed by atoms with Crippen molar-refractivity contribution in [3.63, 3.8) is 0 Å². The summed E-state index contributed by atoms with van der Waals surface area (Å²) in [5.41, 5.74) is -0.687. The van der Waals surface area contributed by atoms with E-state index in [2.05, 4.69) is 5.32 Å². The highest BCUT2D eigenvalue weighted by molar-refractivity contribution is 5.67. The number of benzene rings is 1. The molecule has 0 bridgehead atoms. The highest BCUT2D eigenvalue weighted by atomic mass is 19.4. The van der Waals surface area contributed by atoms with Crippen molar-refractivity contribution < 1.29 is 28.2 Å². The number of halogens is 3. The minimum absolute atomic E-state index is 0.0533. The minimum Gasteiger partial charge on any atom is -0.481 e. The number of carboxylic acids is 1. The molecule has 1 unspecified atom stereocenters. The average Bonchev–Trinajstić information content (AvgIpc) is 2.27. The standard InChI is InChI=1S/C12H14F3NO3/c13-12(14,15)10-4-2-1-3-8(10)6-16-7-9(17)5-11(18)19/h1-4,9,16-17H,5-7H2,(H,18,19). The van der Waals surface area contributed by atoms with E-state index in [0.717, 1.165) is 6.07 Å². The Balaban J connectivity index is 2.57. The molecule has 1 rings (SSSR count). The predicted molar refractivity (Wildman–Crippen MR) is 61.4 cm³/mol. The monoisotopic (exact) mass is 277 g/mol. The molecule has 0 saturated heterocycles. The van der Waals surface area contributed by atoms with Crippen LogP contribution in [0.3, 0.4) is 0 Å². The van der Waals surface area contributed by atoms with Crippen molar-refractivity contribution in [2.45, 2.75) is 25.2 Å². The first-order valence-electron chi connectivity index (χ1n) is 5.56. The Hall–Kier alpha value is -1.60. The van der Waals surface area contributed by atoms with Crippen molar-refractivity contribution in [2.24, 2.45) is 0 Å². The summed E-state index contributed by atoms with van der Waals surface area (Å²) in [6.45, 7) is -0.176. The van der Waals surface area contributed by atoms with Gasteiger partial charge in [-0.15, -0.1) is 0 Å². The van der Waals surface area contributed by atoms with E-state index in [4.69, 9.17) is 5.11 Å². The summed E-state index contributed by atoms with van der Waals surface area (Å²) in [4.78, 5) is 10.3. The molecule has 0 fully saturated rings. The van der Waals surface area contributed by atoms with Gasteiger partial charge in [0.25, 0.3) is 0 Å². The van der Waals surface area contributed by atoms with Crippen LogP contribution in [-0.2, 0) is 17.5 Å². The van der Waals surface area contributed by atoms with Crippen LogP contribution < -0.4 is 5.32 Å². The molecule has 106 valence electrons. The Bertz CT molecular complexity index is 434. The number of hydrogen-bond acceptors (Lipinski definition) is 3.